The second-order valence-corrected chi connectivity index (χ2v) is 3.12. The van der Waals surface area contributed by atoms with E-state index < -0.39 is 5.91 Å². The molecule has 0 aliphatic carbocycles. The summed E-state index contributed by atoms with van der Waals surface area (Å²) in [6.07, 6.45) is 2.63. The number of carbonyl (C=O) groups excluding carboxylic acids is 1. The molecule has 0 heterocycles. The zero-order valence-electron chi connectivity index (χ0n) is 8.65. The second-order valence-electron chi connectivity index (χ2n) is 3.12. The number of carbonyl (C=O) groups is 1. The number of aromatic hydroxyl groups is 1. The van der Waals surface area contributed by atoms with E-state index in [1.807, 2.05) is 6.92 Å². The molecule has 0 spiro atoms. The zero-order valence-corrected chi connectivity index (χ0v) is 8.65. The molecule has 0 atom stereocenters. The molecule has 0 saturated heterocycles. The van der Waals surface area contributed by atoms with Crippen LogP contribution in [0.25, 0.3) is 6.08 Å². The molecule has 3 N–H and O–H groups in total. The first-order valence-electron chi connectivity index (χ1n) is 4.39. The average molecular weight is 207 g/mol. The van der Waals surface area contributed by atoms with Crippen LogP contribution in [0.2, 0.25) is 0 Å². The van der Waals surface area contributed by atoms with Gasteiger partial charge >= 0.3 is 0 Å². The lowest BCUT2D eigenvalue weighted by atomic mass is 10.1. The molecule has 0 aliphatic heterocycles. The number of ether oxygens (including phenoxy) is 1. The highest BCUT2D eigenvalue weighted by Gasteiger charge is 2.04. The highest BCUT2D eigenvalue weighted by Crippen LogP contribution is 2.28. The van der Waals surface area contributed by atoms with E-state index in [0.29, 0.717) is 11.3 Å². The number of nitrogens with two attached hydrogens (primary N) is 1. The Morgan fingerprint density at radius 2 is 2.20 bits per heavy atom. The molecule has 1 rings (SSSR count). The van der Waals surface area contributed by atoms with E-state index in [4.69, 9.17) is 10.5 Å². The van der Waals surface area contributed by atoms with Crippen LogP contribution in [0.4, 0.5) is 0 Å². The van der Waals surface area contributed by atoms with Crippen LogP contribution >= 0.6 is 0 Å². The lowest BCUT2D eigenvalue weighted by Gasteiger charge is -2.07. The minimum absolute atomic E-state index is 0.0887. The van der Waals surface area contributed by atoms with Gasteiger partial charge in [0.15, 0.2) is 0 Å². The van der Waals surface area contributed by atoms with Gasteiger partial charge < -0.3 is 15.6 Å². The SMILES string of the molecule is COc1cc(/C=C/C(N)=O)c(O)cc1C. The molecule has 0 radical (unpaired) electrons. The molecule has 1 amide bonds. The minimum atomic E-state index is -0.561. The van der Waals surface area contributed by atoms with Crippen molar-refractivity contribution >= 4 is 12.0 Å². The molecular weight excluding hydrogens is 194 g/mol. The van der Waals surface area contributed by atoms with Gasteiger partial charge in [0.2, 0.25) is 5.91 Å². The summed E-state index contributed by atoms with van der Waals surface area (Å²) in [5, 5.41) is 9.57. The number of phenolic OH excluding ortho intramolecular Hbond substituents is 1. The molecule has 0 aliphatic rings. The summed E-state index contributed by atoms with van der Waals surface area (Å²) in [5.41, 5.74) is 6.27. The molecule has 0 unspecified atom stereocenters. The van der Waals surface area contributed by atoms with Crippen LogP contribution in [0.3, 0.4) is 0 Å². The zero-order chi connectivity index (χ0) is 11.4. The van der Waals surface area contributed by atoms with Gasteiger partial charge in [-0.2, -0.15) is 0 Å². The Bertz CT molecular complexity index is 411. The fourth-order valence-corrected chi connectivity index (χ4v) is 1.21. The fourth-order valence-electron chi connectivity index (χ4n) is 1.21. The third-order valence-electron chi connectivity index (χ3n) is 1.97. The molecule has 4 heteroatoms. The van der Waals surface area contributed by atoms with Crippen molar-refractivity contribution in [2.45, 2.75) is 6.92 Å². The molecule has 1 aromatic carbocycles. The Labute approximate surface area is 88.0 Å². The summed E-state index contributed by atoms with van der Waals surface area (Å²) < 4.78 is 5.09. The van der Waals surface area contributed by atoms with Gasteiger partial charge in [-0.1, -0.05) is 0 Å². The number of methoxy groups -OCH3 is 1. The number of rotatable bonds is 3. The van der Waals surface area contributed by atoms with Crippen molar-refractivity contribution in [3.8, 4) is 11.5 Å². The van der Waals surface area contributed by atoms with Crippen molar-refractivity contribution in [3.05, 3.63) is 29.3 Å². The van der Waals surface area contributed by atoms with E-state index in [9.17, 15) is 9.90 Å². The summed E-state index contributed by atoms with van der Waals surface area (Å²) in [7, 11) is 1.54. The van der Waals surface area contributed by atoms with Gasteiger partial charge in [0.05, 0.1) is 7.11 Å². The van der Waals surface area contributed by atoms with E-state index in [2.05, 4.69) is 0 Å². The van der Waals surface area contributed by atoms with E-state index in [1.165, 1.54) is 12.2 Å². The maximum Gasteiger partial charge on any atom is 0.241 e. The highest BCUT2D eigenvalue weighted by molar-refractivity contribution is 5.90. The normalized spacial score (nSPS) is 10.5. The Kier molecular flexibility index (Phi) is 3.33. The Morgan fingerprint density at radius 3 is 2.73 bits per heavy atom. The first-order valence-corrected chi connectivity index (χ1v) is 4.39. The average Bonchev–Trinajstić information content (AvgIpc) is 2.16. The Balaban J connectivity index is 3.13. The molecular formula is C11H13NO3. The summed E-state index contributed by atoms with van der Waals surface area (Å²) in [6.45, 7) is 1.82. The van der Waals surface area contributed by atoms with Crippen LogP contribution < -0.4 is 10.5 Å². The minimum Gasteiger partial charge on any atom is -0.507 e. The number of aryl methyl sites for hydroxylation is 1. The highest BCUT2D eigenvalue weighted by atomic mass is 16.5. The predicted octanol–water partition coefficient (Wildman–Crippen LogP) is 1.21. The number of benzene rings is 1. The third kappa shape index (κ3) is 2.74. The standard InChI is InChI=1S/C11H13NO3/c1-7-5-9(13)8(3-4-11(12)14)6-10(7)15-2/h3-6,13H,1-2H3,(H2,12,14)/b4-3+. The quantitative estimate of drug-likeness (QED) is 0.731. The third-order valence-corrected chi connectivity index (χ3v) is 1.97. The van der Waals surface area contributed by atoms with Crippen LogP contribution in [0.5, 0.6) is 11.5 Å². The van der Waals surface area contributed by atoms with Crippen LogP contribution in [0.1, 0.15) is 11.1 Å². The molecule has 0 bridgehead atoms. The van der Waals surface area contributed by atoms with Crippen molar-refractivity contribution in [3.63, 3.8) is 0 Å². The van der Waals surface area contributed by atoms with Gasteiger partial charge in [0, 0.05) is 11.6 Å². The summed E-state index contributed by atoms with van der Waals surface area (Å²) in [5.74, 6) is 0.177. The van der Waals surface area contributed by atoms with Crippen molar-refractivity contribution in [2.75, 3.05) is 7.11 Å². The largest absolute Gasteiger partial charge is 0.507 e. The van der Waals surface area contributed by atoms with Crippen molar-refractivity contribution in [1.29, 1.82) is 0 Å². The lowest BCUT2D eigenvalue weighted by molar-refractivity contribution is -0.113. The van der Waals surface area contributed by atoms with Gasteiger partial charge in [0.25, 0.3) is 0 Å². The Morgan fingerprint density at radius 1 is 1.53 bits per heavy atom. The summed E-state index contributed by atoms with van der Waals surface area (Å²) in [4.78, 5) is 10.5. The van der Waals surface area contributed by atoms with Crippen molar-refractivity contribution in [1.82, 2.24) is 0 Å². The molecule has 0 saturated carbocycles. The van der Waals surface area contributed by atoms with Crippen molar-refractivity contribution < 1.29 is 14.6 Å². The maximum atomic E-state index is 10.5. The topological polar surface area (TPSA) is 72.5 Å². The first-order chi connectivity index (χ1) is 7.04. The van der Waals surface area contributed by atoms with E-state index >= 15 is 0 Å². The van der Waals surface area contributed by atoms with Crippen LogP contribution in [-0.4, -0.2) is 18.1 Å². The molecule has 4 nitrogen and oxygen atoms in total. The van der Waals surface area contributed by atoms with Gasteiger partial charge in [-0.05, 0) is 30.7 Å². The number of hydrogen-bond donors (Lipinski definition) is 2. The second kappa shape index (κ2) is 4.50. The molecule has 15 heavy (non-hydrogen) atoms. The molecule has 1 aromatic rings. The molecule has 0 fully saturated rings. The van der Waals surface area contributed by atoms with E-state index in [1.54, 1.807) is 19.2 Å². The number of primary amides is 1. The smallest absolute Gasteiger partial charge is 0.241 e. The van der Waals surface area contributed by atoms with Gasteiger partial charge in [-0.25, -0.2) is 0 Å². The predicted molar refractivity (Wildman–Crippen MR) is 57.6 cm³/mol. The van der Waals surface area contributed by atoms with Crippen molar-refractivity contribution in [2.24, 2.45) is 5.73 Å². The molecule has 0 aromatic heterocycles. The summed E-state index contributed by atoms with van der Waals surface area (Å²) >= 11 is 0. The van der Waals surface area contributed by atoms with Crippen LogP contribution in [0, 0.1) is 6.92 Å². The van der Waals surface area contributed by atoms with Gasteiger partial charge in [-0.15, -0.1) is 0 Å². The molecule has 80 valence electrons. The lowest BCUT2D eigenvalue weighted by Crippen LogP contribution is -2.05. The fraction of sp³-hybridized carbons (Fsp3) is 0.182. The first kappa shape index (κ1) is 11.1. The number of amides is 1. The summed E-state index contributed by atoms with van der Waals surface area (Å²) in [6, 6.07) is 3.21. The number of phenols is 1. The van der Waals surface area contributed by atoms with Crippen LogP contribution in [0.15, 0.2) is 18.2 Å². The van der Waals surface area contributed by atoms with Gasteiger partial charge in [0.1, 0.15) is 11.5 Å². The monoisotopic (exact) mass is 207 g/mol. The Hall–Kier alpha value is -1.97. The van der Waals surface area contributed by atoms with Crippen LogP contribution in [-0.2, 0) is 4.79 Å². The van der Waals surface area contributed by atoms with E-state index in [-0.39, 0.29) is 5.75 Å². The number of hydrogen-bond acceptors (Lipinski definition) is 3. The van der Waals surface area contributed by atoms with E-state index in [0.717, 1.165) is 5.56 Å². The van der Waals surface area contributed by atoms with Gasteiger partial charge in [-0.3, -0.25) is 4.79 Å². The maximum absolute atomic E-state index is 10.5.